The van der Waals surface area contributed by atoms with E-state index in [1.807, 2.05) is 44.2 Å². The Bertz CT molecular complexity index is 1420. The van der Waals surface area contributed by atoms with Crippen molar-refractivity contribution >= 4 is 50.7 Å². The first-order chi connectivity index (χ1) is 18.3. The quantitative estimate of drug-likeness (QED) is 0.336. The zero-order chi connectivity index (χ0) is 28.7. The average Bonchev–Trinajstić information content (AvgIpc) is 2.86. The van der Waals surface area contributed by atoms with Crippen molar-refractivity contribution in [1.29, 1.82) is 0 Å². The predicted molar refractivity (Wildman–Crippen MR) is 153 cm³/mol. The van der Waals surface area contributed by atoms with E-state index in [1.54, 1.807) is 24.3 Å². The van der Waals surface area contributed by atoms with Crippen molar-refractivity contribution in [3.8, 4) is 0 Å². The van der Waals surface area contributed by atoms with E-state index >= 15 is 0 Å². The second kappa shape index (κ2) is 13.3. The smallest absolute Gasteiger partial charge is 0.244 e. The summed E-state index contributed by atoms with van der Waals surface area (Å²) >= 11 is 12.1. The van der Waals surface area contributed by atoms with Gasteiger partial charge in [0.25, 0.3) is 0 Å². The molecule has 1 atom stereocenters. The van der Waals surface area contributed by atoms with Crippen LogP contribution in [0.1, 0.15) is 25.0 Å². The van der Waals surface area contributed by atoms with Gasteiger partial charge in [-0.15, -0.1) is 0 Å². The summed E-state index contributed by atoms with van der Waals surface area (Å²) in [6.45, 7) is 2.97. The Balaban J connectivity index is 2.07. The van der Waals surface area contributed by atoms with Crippen LogP contribution in [0.2, 0.25) is 10.0 Å². The molecule has 1 unspecified atom stereocenters. The van der Waals surface area contributed by atoms with E-state index in [1.165, 1.54) is 11.0 Å². The fourth-order valence-corrected chi connectivity index (χ4v) is 5.25. The summed E-state index contributed by atoms with van der Waals surface area (Å²) in [5, 5.41) is 3.03. The molecule has 0 aliphatic carbocycles. The van der Waals surface area contributed by atoms with Crippen molar-refractivity contribution in [3.63, 3.8) is 0 Å². The fraction of sp³-hybridized carbons (Fsp3) is 0.286. The molecule has 0 aromatic heterocycles. The molecule has 0 saturated carbocycles. The number of sulfonamides is 1. The van der Waals surface area contributed by atoms with Crippen LogP contribution in [0.4, 0.5) is 10.1 Å². The van der Waals surface area contributed by atoms with Gasteiger partial charge in [0.15, 0.2) is 0 Å². The van der Waals surface area contributed by atoms with Gasteiger partial charge in [-0.25, -0.2) is 12.8 Å². The van der Waals surface area contributed by atoms with Gasteiger partial charge in [-0.05, 0) is 55.3 Å². The maximum absolute atomic E-state index is 13.9. The highest BCUT2D eigenvalue weighted by atomic mass is 35.5. The molecule has 208 valence electrons. The highest BCUT2D eigenvalue weighted by Crippen LogP contribution is 2.25. The number of nitrogens with zero attached hydrogens (tertiary/aromatic N) is 2. The summed E-state index contributed by atoms with van der Waals surface area (Å²) in [5.74, 6) is -1.75. The van der Waals surface area contributed by atoms with Crippen molar-refractivity contribution in [3.05, 3.63) is 99.8 Å². The molecule has 39 heavy (non-hydrogen) atoms. The van der Waals surface area contributed by atoms with Gasteiger partial charge in [0.05, 0.1) is 17.0 Å². The lowest BCUT2D eigenvalue weighted by molar-refractivity contribution is -0.140. The lowest BCUT2D eigenvalue weighted by atomic mass is 10.0. The van der Waals surface area contributed by atoms with Crippen molar-refractivity contribution in [1.82, 2.24) is 10.2 Å². The van der Waals surface area contributed by atoms with E-state index < -0.39 is 34.3 Å². The van der Waals surface area contributed by atoms with Crippen LogP contribution in [0.25, 0.3) is 0 Å². The number of halogens is 3. The van der Waals surface area contributed by atoms with Crippen molar-refractivity contribution < 1.29 is 22.4 Å². The molecular weight excluding hydrogens is 564 g/mol. The molecule has 3 aromatic carbocycles. The van der Waals surface area contributed by atoms with Gasteiger partial charge >= 0.3 is 0 Å². The van der Waals surface area contributed by atoms with Gasteiger partial charge in [-0.1, -0.05) is 65.7 Å². The minimum Gasteiger partial charge on any atom is -0.352 e. The topological polar surface area (TPSA) is 86.8 Å². The van der Waals surface area contributed by atoms with E-state index in [4.69, 9.17) is 23.2 Å². The zero-order valence-corrected chi connectivity index (χ0v) is 24.1. The first-order valence-corrected chi connectivity index (χ1v) is 14.8. The summed E-state index contributed by atoms with van der Waals surface area (Å²) in [7, 11) is -4.00. The molecule has 3 rings (SSSR count). The lowest BCUT2D eigenvalue weighted by Crippen LogP contribution is -2.54. The molecule has 0 radical (unpaired) electrons. The number of hydrogen-bond acceptors (Lipinski definition) is 4. The third-order valence-corrected chi connectivity index (χ3v) is 7.48. The third-order valence-electron chi connectivity index (χ3n) is 5.81. The Morgan fingerprint density at radius 3 is 2.21 bits per heavy atom. The van der Waals surface area contributed by atoms with Gasteiger partial charge in [0, 0.05) is 24.0 Å². The van der Waals surface area contributed by atoms with Crippen LogP contribution in [-0.2, 0) is 32.6 Å². The fourth-order valence-electron chi connectivity index (χ4n) is 4.02. The Morgan fingerprint density at radius 2 is 1.62 bits per heavy atom. The summed E-state index contributed by atoms with van der Waals surface area (Å²) < 4.78 is 40.1. The minimum atomic E-state index is -4.00. The Kier molecular flexibility index (Phi) is 10.4. The SMILES string of the molecule is CC(C)NC(=O)C(Cc1ccccc1)N(Cc1cccc(Cl)c1)C(=O)CN(c1ccc(F)c(Cl)c1)S(C)(=O)=O. The Labute approximate surface area is 238 Å². The standard InChI is InChI=1S/C28H30Cl2FN3O4S/c1-19(2)32-28(36)26(15-20-8-5-4-6-9-20)33(17-21-10-7-11-22(29)14-21)27(35)18-34(39(3,37)38)23-12-13-25(31)24(30)16-23/h4-14,16,19,26H,15,17-18H2,1-3H3,(H,32,36). The van der Waals surface area contributed by atoms with Gasteiger partial charge in [0.2, 0.25) is 21.8 Å². The monoisotopic (exact) mass is 593 g/mol. The normalized spacial score (nSPS) is 12.2. The summed E-state index contributed by atoms with van der Waals surface area (Å²) in [6.07, 6.45) is 1.12. The van der Waals surface area contributed by atoms with Crippen LogP contribution in [-0.4, -0.2) is 50.0 Å². The molecule has 0 saturated heterocycles. The Morgan fingerprint density at radius 1 is 0.949 bits per heavy atom. The largest absolute Gasteiger partial charge is 0.352 e. The number of hydrogen-bond donors (Lipinski definition) is 1. The second-order valence-electron chi connectivity index (χ2n) is 9.39. The highest BCUT2D eigenvalue weighted by molar-refractivity contribution is 7.92. The van der Waals surface area contributed by atoms with E-state index in [0.717, 1.165) is 28.3 Å². The van der Waals surface area contributed by atoms with E-state index in [2.05, 4.69) is 5.32 Å². The molecule has 0 heterocycles. The van der Waals surface area contributed by atoms with E-state index in [0.29, 0.717) is 10.6 Å². The van der Waals surface area contributed by atoms with Gasteiger partial charge in [-0.3, -0.25) is 13.9 Å². The molecule has 3 aromatic rings. The number of nitrogens with one attached hydrogen (secondary N) is 1. The molecule has 0 bridgehead atoms. The number of carbonyl (C=O) groups is 2. The summed E-state index contributed by atoms with van der Waals surface area (Å²) in [4.78, 5) is 28.8. The molecule has 2 amide bonds. The second-order valence-corrected chi connectivity index (χ2v) is 12.1. The van der Waals surface area contributed by atoms with Crippen LogP contribution in [0.5, 0.6) is 0 Å². The van der Waals surface area contributed by atoms with Crippen molar-refractivity contribution in [2.75, 3.05) is 17.1 Å². The van der Waals surface area contributed by atoms with Crippen LogP contribution in [0, 0.1) is 5.82 Å². The van der Waals surface area contributed by atoms with Gasteiger partial charge in [-0.2, -0.15) is 0 Å². The zero-order valence-electron chi connectivity index (χ0n) is 21.8. The summed E-state index contributed by atoms with van der Waals surface area (Å²) in [5.41, 5.74) is 1.49. The number of anilines is 1. The minimum absolute atomic E-state index is 0.00974. The predicted octanol–water partition coefficient (Wildman–Crippen LogP) is 5.06. The molecule has 0 aliphatic rings. The number of rotatable bonds is 11. The van der Waals surface area contributed by atoms with Crippen molar-refractivity contribution in [2.24, 2.45) is 0 Å². The van der Waals surface area contributed by atoms with Crippen molar-refractivity contribution in [2.45, 2.75) is 38.9 Å². The highest BCUT2D eigenvalue weighted by Gasteiger charge is 2.33. The summed E-state index contributed by atoms with van der Waals surface area (Å²) in [6, 6.07) is 18.3. The van der Waals surface area contributed by atoms with Crippen LogP contribution in [0.15, 0.2) is 72.8 Å². The van der Waals surface area contributed by atoms with Crippen LogP contribution >= 0.6 is 23.2 Å². The van der Waals surface area contributed by atoms with Crippen LogP contribution in [0.3, 0.4) is 0 Å². The van der Waals surface area contributed by atoms with E-state index in [-0.39, 0.29) is 35.6 Å². The average molecular weight is 595 g/mol. The number of benzene rings is 3. The molecule has 0 spiro atoms. The number of carbonyl (C=O) groups excluding carboxylic acids is 2. The lowest BCUT2D eigenvalue weighted by Gasteiger charge is -2.34. The molecule has 1 N–H and O–H groups in total. The first kappa shape index (κ1) is 30.4. The molecule has 11 heteroatoms. The van der Waals surface area contributed by atoms with Gasteiger partial charge in [0.1, 0.15) is 18.4 Å². The number of amides is 2. The van der Waals surface area contributed by atoms with E-state index in [9.17, 15) is 22.4 Å². The maximum atomic E-state index is 13.9. The third kappa shape index (κ3) is 8.68. The molecule has 7 nitrogen and oxygen atoms in total. The Hall–Kier alpha value is -3.14. The first-order valence-electron chi connectivity index (χ1n) is 12.2. The maximum Gasteiger partial charge on any atom is 0.244 e. The van der Waals surface area contributed by atoms with Crippen LogP contribution < -0.4 is 9.62 Å². The van der Waals surface area contributed by atoms with Gasteiger partial charge < -0.3 is 10.2 Å². The molecular formula is C28H30Cl2FN3O4S. The molecule has 0 aliphatic heterocycles. The molecule has 0 fully saturated rings.